The van der Waals surface area contributed by atoms with Gasteiger partial charge in [0.2, 0.25) is 0 Å². The average molecular weight is 211 g/mol. The van der Waals surface area contributed by atoms with Gasteiger partial charge in [-0.15, -0.1) is 11.8 Å². The second kappa shape index (κ2) is 3.19. The van der Waals surface area contributed by atoms with Crippen molar-refractivity contribution in [3.63, 3.8) is 0 Å². The first kappa shape index (κ1) is 10.4. The second-order valence-corrected chi connectivity index (χ2v) is 7.19. The molecule has 0 aromatic rings. The van der Waals surface area contributed by atoms with Crippen molar-refractivity contribution >= 4 is 11.8 Å². The van der Waals surface area contributed by atoms with Crippen molar-refractivity contribution in [2.45, 2.75) is 51.8 Å². The zero-order chi connectivity index (χ0) is 10.4. The summed E-state index contributed by atoms with van der Waals surface area (Å²) in [6, 6.07) is 0. The standard InChI is InChI=1S/C12H21NS/c1-11(2,3)10-9-13-8-6-5-7-12(13,4)14-10/h9H,5-8H2,1-4H3. The van der Waals surface area contributed by atoms with E-state index < -0.39 is 0 Å². The Kier molecular flexibility index (Phi) is 2.37. The highest BCUT2D eigenvalue weighted by atomic mass is 32.2. The highest BCUT2D eigenvalue weighted by molar-refractivity contribution is 8.04. The maximum atomic E-state index is 2.56. The Hall–Kier alpha value is -0.110. The molecular formula is C12H21NS. The SMILES string of the molecule is CC(C)(C)C1=CN2CCCCC2(C)S1. The number of thioether (sulfide) groups is 1. The molecule has 14 heavy (non-hydrogen) atoms. The lowest BCUT2D eigenvalue weighted by atomic mass is 9.96. The Bertz CT molecular complexity index is 264. The third-order valence-corrected chi connectivity index (χ3v) is 5.06. The average Bonchev–Trinajstić information content (AvgIpc) is 2.40. The molecule has 0 N–H and O–H groups in total. The molecule has 1 unspecified atom stereocenters. The zero-order valence-electron chi connectivity index (χ0n) is 9.76. The summed E-state index contributed by atoms with van der Waals surface area (Å²) in [4.78, 5) is 4.49. The summed E-state index contributed by atoms with van der Waals surface area (Å²) in [5.41, 5.74) is 0.324. The predicted octanol–water partition coefficient (Wildman–Crippen LogP) is 3.82. The third kappa shape index (κ3) is 1.69. The van der Waals surface area contributed by atoms with Gasteiger partial charge in [-0.05, 0) is 31.6 Å². The molecule has 80 valence electrons. The van der Waals surface area contributed by atoms with E-state index in [1.54, 1.807) is 4.91 Å². The van der Waals surface area contributed by atoms with E-state index in [4.69, 9.17) is 0 Å². The van der Waals surface area contributed by atoms with Crippen molar-refractivity contribution in [3.8, 4) is 0 Å². The van der Waals surface area contributed by atoms with E-state index in [1.165, 1.54) is 25.8 Å². The molecular weight excluding hydrogens is 190 g/mol. The second-order valence-electron chi connectivity index (χ2n) is 5.67. The van der Waals surface area contributed by atoms with E-state index in [-0.39, 0.29) is 0 Å². The zero-order valence-corrected chi connectivity index (χ0v) is 10.6. The van der Waals surface area contributed by atoms with Crippen LogP contribution in [0.25, 0.3) is 0 Å². The van der Waals surface area contributed by atoms with Crippen LogP contribution in [0.5, 0.6) is 0 Å². The van der Waals surface area contributed by atoms with Crippen LogP contribution in [-0.4, -0.2) is 16.3 Å². The van der Waals surface area contributed by atoms with Crippen molar-refractivity contribution in [1.29, 1.82) is 0 Å². The molecule has 0 aromatic carbocycles. The number of nitrogens with zero attached hydrogens (tertiary/aromatic N) is 1. The number of rotatable bonds is 0. The predicted molar refractivity (Wildman–Crippen MR) is 64.1 cm³/mol. The highest BCUT2D eigenvalue weighted by Crippen LogP contribution is 2.52. The summed E-state index contributed by atoms with van der Waals surface area (Å²) in [5, 5.41) is 0. The van der Waals surface area contributed by atoms with E-state index in [2.05, 4.69) is 50.6 Å². The van der Waals surface area contributed by atoms with Gasteiger partial charge in [-0.1, -0.05) is 20.8 Å². The molecule has 2 heterocycles. The van der Waals surface area contributed by atoms with Crippen LogP contribution in [0.3, 0.4) is 0 Å². The minimum atomic E-state index is 0.324. The molecule has 1 fully saturated rings. The number of hydrogen-bond acceptors (Lipinski definition) is 2. The van der Waals surface area contributed by atoms with Gasteiger partial charge in [0.25, 0.3) is 0 Å². The quantitative estimate of drug-likeness (QED) is 0.599. The van der Waals surface area contributed by atoms with Crippen LogP contribution in [0, 0.1) is 5.41 Å². The summed E-state index contributed by atoms with van der Waals surface area (Å²) >= 11 is 2.09. The molecule has 0 aromatic heterocycles. The summed E-state index contributed by atoms with van der Waals surface area (Å²) in [6.45, 7) is 10.6. The smallest absolute Gasteiger partial charge is 0.0870 e. The molecule has 0 saturated carbocycles. The van der Waals surface area contributed by atoms with Crippen LogP contribution < -0.4 is 0 Å². The van der Waals surface area contributed by atoms with Crippen LogP contribution >= 0.6 is 11.8 Å². The Labute approximate surface area is 91.9 Å². The van der Waals surface area contributed by atoms with Crippen molar-refractivity contribution < 1.29 is 0 Å². The Morgan fingerprint density at radius 3 is 2.64 bits per heavy atom. The van der Waals surface area contributed by atoms with Gasteiger partial charge in [0.15, 0.2) is 0 Å². The van der Waals surface area contributed by atoms with Gasteiger partial charge in [0.05, 0.1) is 4.87 Å². The van der Waals surface area contributed by atoms with Gasteiger partial charge in [0.1, 0.15) is 0 Å². The van der Waals surface area contributed by atoms with E-state index >= 15 is 0 Å². The first-order valence-electron chi connectivity index (χ1n) is 5.60. The van der Waals surface area contributed by atoms with Crippen LogP contribution in [0.2, 0.25) is 0 Å². The monoisotopic (exact) mass is 211 g/mol. The fraction of sp³-hybridized carbons (Fsp3) is 0.833. The Morgan fingerprint density at radius 1 is 1.36 bits per heavy atom. The molecule has 0 radical (unpaired) electrons. The lowest BCUT2D eigenvalue weighted by Gasteiger charge is -2.39. The van der Waals surface area contributed by atoms with Crippen LogP contribution in [-0.2, 0) is 0 Å². The van der Waals surface area contributed by atoms with Gasteiger partial charge in [-0.25, -0.2) is 0 Å². The molecule has 0 bridgehead atoms. The van der Waals surface area contributed by atoms with Crippen LogP contribution in [0.15, 0.2) is 11.1 Å². The molecule has 1 nitrogen and oxygen atoms in total. The molecule has 2 heteroatoms. The number of allylic oxidation sites excluding steroid dienone is 1. The van der Waals surface area contributed by atoms with E-state index in [0.717, 1.165) is 0 Å². The van der Waals surface area contributed by atoms with E-state index in [9.17, 15) is 0 Å². The highest BCUT2D eigenvalue weighted by Gasteiger charge is 2.41. The Balaban J connectivity index is 2.20. The van der Waals surface area contributed by atoms with Crippen LogP contribution in [0.4, 0.5) is 0 Å². The summed E-state index contributed by atoms with van der Waals surface area (Å²) in [7, 11) is 0. The molecule has 1 atom stereocenters. The van der Waals surface area contributed by atoms with E-state index in [1.807, 2.05) is 0 Å². The lowest BCUT2D eigenvalue weighted by molar-refractivity contribution is 0.204. The van der Waals surface area contributed by atoms with Gasteiger partial charge < -0.3 is 4.90 Å². The fourth-order valence-corrected chi connectivity index (χ4v) is 3.65. The van der Waals surface area contributed by atoms with Gasteiger partial charge in [-0.2, -0.15) is 0 Å². The van der Waals surface area contributed by atoms with Gasteiger partial charge in [-0.3, -0.25) is 0 Å². The Morgan fingerprint density at radius 2 is 2.07 bits per heavy atom. The maximum Gasteiger partial charge on any atom is 0.0870 e. The molecule has 2 rings (SSSR count). The number of hydrogen-bond donors (Lipinski definition) is 0. The largest absolute Gasteiger partial charge is 0.362 e. The summed E-state index contributed by atoms with van der Waals surface area (Å²) in [6.07, 6.45) is 6.51. The van der Waals surface area contributed by atoms with Gasteiger partial charge in [0, 0.05) is 17.6 Å². The number of fused-ring (bicyclic) bond motifs is 1. The molecule has 0 spiro atoms. The first-order valence-corrected chi connectivity index (χ1v) is 6.42. The molecule has 0 aliphatic carbocycles. The lowest BCUT2D eigenvalue weighted by Crippen LogP contribution is -2.40. The fourth-order valence-electron chi connectivity index (χ4n) is 2.18. The topological polar surface area (TPSA) is 3.24 Å². The molecule has 1 saturated heterocycles. The molecule has 2 aliphatic heterocycles. The van der Waals surface area contributed by atoms with Gasteiger partial charge >= 0.3 is 0 Å². The van der Waals surface area contributed by atoms with Crippen molar-refractivity contribution in [3.05, 3.63) is 11.1 Å². The molecule has 2 aliphatic rings. The van der Waals surface area contributed by atoms with Crippen molar-refractivity contribution in [1.82, 2.24) is 4.90 Å². The van der Waals surface area contributed by atoms with E-state index in [0.29, 0.717) is 10.3 Å². The number of piperidine rings is 1. The van der Waals surface area contributed by atoms with Crippen molar-refractivity contribution in [2.75, 3.05) is 6.54 Å². The van der Waals surface area contributed by atoms with Crippen molar-refractivity contribution in [2.24, 2.45) is 5.41 Å². The summed E-state index contributed by atoms with van der Waals surface area (Å²) < 4.78 is 0. The third-order valence-electron chi connectivity index (χ3n) is 3.24. The molecule has 0 amide bonds. The summed E-state index contributed by atoms with van der Waals surface area (Å²) in [5.74, 6) is 0. The minimum Gasteiger partial charge on any atom is -0.362 e. The minimum absolute atomic E-state index is 0.324. The maximum absolute atomic E-state index is 2.56. The normalized spacial score (nSPS) is 32.9. The van der Waals surface area contributed by atoms with Crippen LogP contribution in [0.1, 0.15) is 47.0 Å². The first-order chi connectivity index (χ1) is 6.42.